The molecule has 0 radical (unpaired) electrons. The van der Waals surface area contributed by atoms with E-state index in [1.807, 2.05) is 13.8 Å². The van der Waals surface area contributed by atoms with Gasteiger partial charge in [-0.1, -0.05) is 0 Å². The van der Waals surface area contributed by atoms with Crippen molar-refractivity contribution >= 4 is 21.9 Å². The summed E-state index contributed by atoms with van der Waals surface area (Å²) in [5.41, 5.74) is 0. The molecule has 0 spiro atoms. The van der Waals surface area contributed by atoms with Crippen molar-refractivity contribution in [2.45, 2.75) is 76.0 Å². The molecule has 0 bridgehead atoms. The Bertz CT molecular complexity index is 924. The lowest BCUT2D eigenvalue weighted by atomic mass is 9.97. The van der Waals surface area contributed by atoms with Crippen molar-refractivity contribution in [1.29, 1.82) is 0 Å². The highest BCUT2D eigenvalue weighted by Crippen LogP contribution is 2.31. The molecule has 0 aliphatic carbocycles. The zero-order valence-electron chi connectivity index (χ0n) is 18.8. The second-order valence-corrected chi connectivity index (χ2v) is 10.1. The van der Waals surface area contributed by atoms with Crippen LogP contribution in [0.15, 0.2) is 23.1 Å². The van der Waals surface area contributed by atoms with Crippen LogP contribution in [-0.4, -0.2) is 63.1 Å². The van der Waals surface area contributed by atoms with Crippen molar-refractivity contribution in [3.05, 3.63) is 18.2 Å². The lowest BCUT2D eigenvalue weighted by Gasteiger charge is -2.40. The smallest absolute Gasteiger partial charge is 0.307 e. The van der Waals surface area contributed by atoms with Gasteiger partial charge in [-0.15, -0.1) is 0 Å². The molecule has 0 saturated carbocycles. The number of carbonyl (C=O) groups is 2. The Morgan fingerprint density at radius 2 is 1.78 bits per heavy atom. The van der Waals surface area contributed by atoms with Gasteiger partial charge in [-0.25, -0.2) is 13.1 Å². The third-order valence-electron chi connectivity index (χ3n) is 5.75. The third-order valence-corrected chi connectivity index (χ3v) is 7.21. The maximum Gasteiger partial charge on any atom is 0.307 e. The van der Waals surface area contributed by atoms with Crippen LogP contribution in [0.4, 0.5) is 0 Å². The van der Waals surface area contributed by atoms with E-state index in [2.05, 4.69) is 4.72 Å². The van der Waals surface area contributed by atoms with Crippen LogP contribution in [0, 0.1) is 0 Å². The SMILES string of the molecule is C[C@H](OC(=O)CCNS(=O)(=O)c1ccc2c(c1)OCCCO2)C(=O)N1[C@@H](C)CCC[C@@H]1C. The molecule has 178 valence electrons. The van der Waals surface area contributed by atoms with E-state index in [1.165, 1.54) is 12.1 Å². The second-order valence-electron chi connectivity index (χ2n) is 8.31. The van der Waals surface area contributed by atoms with E-state index in [-0.39, 0.29) is 35.9 Å². The van der Waals surface area contributed by atoms with Crippen LogP contribution in [0.3, 0.4) is 0 Å². The lowest BCUT2D eigenvalue weighted by Crippen LogP contribution is -2.51. The zero-order valence-corrected chi connectivity index (χ0v) is 19.7. The van der Waals surface area contributed by atoms with Crippen LogP contribution in [0.25, 0.3) is 0 Å². The van der Waals surface area contributed by atoms with Gasteiger partial charge in [-0.2, -0.15) is 0 Å². The number of hydrogen-bond acceptors (Lipinski definition) is 7. The Balaban J connectivity index is 1.50. The van der Waals surface area contributed by atoms with Gasteiger partial charge in [0.2, 0.25) is 10.0 Å². The highest BCUT2D eigenvalue weighted by atomic mass is 32.2. The van der Waals surface area contributed by atoms with Gasteiger partial charge < -0.3 is 19.1 Å². The summed E-state index contributed by atoms with van der Waals surface area (Å²) in [5, 5.41) is 0. The van der Waals surface area contributed by atoms with Gasteiger partial charge in [-0.05, 0) is 52.2 Å². The number of fused-ring (bicyclic) bond motifs is 1. The van der Waals surface area contributed by atoms with Crippen LogP contribution in [-0.2, 0) is 24.3 Å². The number of nitrogens with one attached hydrogen (secondary N) is 1. The summed E-state index contributed by atoms with van der Waals surface area (Å²) < 4.78 is 43.8. The molecule has 0 aromatic heterocycles. The van der Waals surface area contributed by atoms with Crippen molar-refractivity contribution < 1.29 is 32.2 Å². The molecule has 0 unspecified atom stereocenters. The third kappa shape index (κ3) is 5.92. The minimum Gasteiger partial charge on any atom is -0.490 e. The quantitative estimate of drug-likeness (QED) is 0.611. The summed E-state index contributed by atoms with van der Waals surface area (Å²) in [6.07, 6.45) is 2.55. The van der Waals surface area contributed by atoms with Gasteiger partial charge in [0.25, 0.3) is 5.91 Å². The zero-order chi connectivity index (χ0) is 23.3. The van der Waals surface area contributed by atoms with Gasteiger partial charge in [-0.3, -0.25) is 9.59 Å². The van der Waals surface area contributed by atoms with E-state index in [0.29, 0.717) is 31.1 Å². The lowest BCUT2D eigenvalue weighted by molar-refractivity contribution is -0.162. The molecule has 3 rings (SSSR count). The Morgan fingerprint density at radius 1 is 1.12 bits per heavy atom. The first kappa shape index (κ1) is 24.3. The second kappa shape index (κ2) is 10.5. The minimum atomic E-state index is -3.85. The Labute approximate surface area is 189 Å². The predicted molar refractivity (Wildman–Crippen MR) is 117 cm³/mol. The van der Waals surface area contributed by atoms with Gasteiger partial charge >= 0.3 is 5.97 Å². The summed E-state index contributed by atoms with van der Waals surface area (Å²) in [6, 6.07) is 4.60. The molecule has 2 aliphatic heterocycles. The van der Waals surface area contributed by atoms with E-state index >= 15 is 0 Å². The topological polar surface area (TPSA) is 111 Å². The van der Waals surface area contributed by atoms with Gasteiger partial charge in [0.15, 0.2) is 17.6 Å². The standard InChI is InChI=1S/C22H32N2O7S/c1-15-6-4-7-16(2)24(15)22(26)17(3)31-21(25)10-11-23-32(27,28)18-8-9-19-20(14-18)30-13-5-12-29-19/h8-9,14-17,23H,4-7,10-13H2,1-3H3/t15-,16-,17-/m0/s1. The number of hydrogen-bond donors (Lipinski definition) is 1. The average Bonchev–Trinajstić information content (AvgIpc) is 2.98. The first-order valence-electron chi connectivity index (χ1n) is 11.1. The monoisotopic (exact) mass is 468 g/mol. The first-order chi connectivity index (χ1) is 15.2. The first-order valence-corrected chi connectivity index (χ1v) is 12.6. The summed E-state index contributed by atoms with van der Waals surface area (Å²) in [7, 11) is -3.85. The van der Waals surface area contributed by atoms with Crippen molar-refractivity contribution in [3.63, 3.8) is 0 Å². The number of rotatable bonds is 7. The van der Waals surface area contributed by atoms with E-state index in [4.69, 9.17) is 14.2 Å². The summed E-state index contributed by atoms with van der Waals surface area (Å²) in [6.45, 7) is 6.36. The summed E-state index contributed by atoms with van der Waals surface area (Å²) >= 11 is 0. The van der Waals surface area contributed by atoms with Crippen LogP contribution < -0.4 is 14.2 Å². The molecule has 10 heteroatoms. The van der Waals surface area contributed by atoms with Crippen molar-refractivity contribution in [1.82, 2.24) is 9.62 Å². The molecule has 1 aromatic carbocycles. The fourth-order valence-electron chi connectivity index (χ4n) is 4.05. The van der Waals surface area contributed by atoms with Gasteiger partial charge in [0.1, 0.15) is 0 Å². The van der Waals surface area contributed by atoms with Crippen LogP contribution >= 0.6 is 0 Å². The molecular formula is C22H32N2O7S. The van der Waals surface area contributed by atoms with E-state index < -0.39 is 22.1 Å². The number of benzene rings is 1. The molecule has 1 amide bonds. The number of piperidine rings is 1. The van der Waals surface area contributed by atoms with Gasteiger partial charge in [0.05, 0.1) is 24.5 Å². The number of esters is 1. The molecule has 2 aliphatic rings. The average molecular weight is 469 g/mol. The van der Waals surface area contributed by atoms with Crippen LogP contribution in [0.5, 0.6) is 11.5 Å². The highest BCUT2D eigenvalue weighted by molar-refractivity contribution is 7.89. The maximum atomic E-state index is 12.7. The summed E-state index contributed by atoms with van der Waals surface area (Å²) in [4.78, 5) is 26.7. The molecule has 3 atom stereocenters. The molecule has 1 aromatic rings. The van der Waals surface area contributed by atoms with E-state index in [0.717, 1.165) is 19.3 Å². The number of sulfonamides is 1. The van der Waals surface area contributed by atoms with E-state index in [9.17, 15) is 18.0 Å². The normalized spacial score (nSPS) is 22.0. The molecule has 9 nitrogen and oxygen atoms in total. The van der Waals surface area contributed by atoms with Crippen molar-refractivity contribution in [2.24, 2.45) is 0 Å². The van der Waals surface area contributed by atoms with Gasteiger partial charge in [0, 0.05) is 31.1 Å². The fourth-order valence-corrected chi connectivity index (χ4v) is 5.10. The fraction of sp³-hybridized carbons (Fsp3) is 0.636. The summed E-state index contributed by atoms with van der Waals surface area (Å²) in [5.74, 6) is 0.0228. The Kier molecular flexibility index (Phi) is 8.00. The predicted octanol–water partition coefficient (Wildman–Crippen LogP) is 2.24. The number of ether oxygens (including phenoxy) is 3. The largest absolute Gasteiger partial charge is 0.490 e. The Morgan fingerprint density at radius 3 is 2.47 bits per heavy atom. The molecule has 32 heavy (non-hydrogen) atoms. The molecular weight excluding hydrogens is 436 g/mol. The molecule has 1 N–H and O–H groups in total. The Hall–Kier alpha value is -2.33. The number of carbonyl (C=O) groups excluding carboxylic acids is 2. The molecule has 1 fully saturated rings. The number of amides is 1. The molecule has 1 saturated heterocycles. The van der Waals surface area contributed by atoms with Crippen molar-refractivity contribution in [2.75, 3.05) is 19.8 Å². The minimum absolute atomic E-state index is 0.0201. The molecule has 2 heterocycles. The van der Waals surface area contributed by atoms with E-state index in [1.54, 1.807) is 17.9 Å². The highest BCUT2D eigenvalue weighted by Gasteiger charge is 2.33. The van der Waals surface area contributed by atoms with Crippen molar-refractivity contribution in [3.8, 4) is 11.5 Å². The number of likely N-dealkylation sites (tertiary alicyclic amines) is 1. The number of nitrogens with zero attached hydrogens (tertiary/aromatic N) is 1. The van der Waals surface area contributed by atoms with Crippen LogP contribution in [0.1, 0.15) is 52.9 Å². The maximum absolute atomic E-state index is 12.7. The van der Waals surface area contributed by atoms with Crippen LogP contribution in [0.2, 0.25) is 0 Å².